The summed E-state index contributed by atoms with van der Waals surface area (Å²) in [6, 6.07) is 1.43. The second-order valence-corrected chi connectivity index (χ2v) is 3.33. The summed E-state index contributed by atoms with van der Waals surface area (Å²) in [4.78, 5) is 3.55. The van der Waals surface area contributed by atoms with Crippen molar-refractivity contribution in [1.29, 1.82) is 0 Å². The Balaban J connectivity index is 2.62. The lowest BCUT2D eigenvalue weighted by molar-refractivity contribution is -0.139. The van der Waals surface area contributed by atoms with Gasteiger partial charge >= 0.3 is 6.18 Å². The van der Waals surface area contributed by atoms with E-state index in [0.29, 0.717) is 5.56 Å². The lowest BCUT2D eigenvalue weighted by atomic mass is 10.2. The molecule has 1 aromatic rings. The minimum absolute atomic E-state index is 0.254. The van der Waals surface area contributed by atoms with Gasteiger partial charge in [0.25, 0.3) is 5.88 Å². The van der Waals surface area contributed by atoms with Crippen LogP contribution in [0.15, 0.2) is 12.3 Å². The van der Waals surface area contributed by atoms with Crippen LogP contribution in [0.4, 0.5) is 17.6 Å². The van der Waals surface area contributed by atoms with Crippen molar-refractivity contribution in [2.75, 3.05) is 13.7 Å². The third-order valence-electron chi connectivity index (χ3n) is 1.93. The van der Waals surface area contributed by atoms with Crippen LogP contribution in [0, 0.1) is 5.82 Å². The minimum atomic E-state index is -4.32. The van der Waals surface area contributed by atoms with Crippen molar-refractivity contribution in [2.45, 2.75) is 19.1 Å². The van der Waals surface area contributed by atoms with E-state index in [4.69, 9.17) is 0 Å². The van der Waals surface area contributed by atoms with Gasteiger partial charge in [-0.15, -0.1) is 0 Å². The molecule has 17 heavy (non-hydrogen) atoms. The van der Waals surface area contributed by atoms with Gasteiger partial charge in [0.1, 0.15) is 0 Å². The summed E-state index contributed by atoms with van der Waals surface area (Å²) in [5.41, 5.74) is 0.296. The lowest BCUT2D eigenvalue weighted by Crippen LogP contribution is -2.14. The molecule has 0 aliphatic carbocycles. The van der Waals surface area contributed by atoms with Gasteiger partial charge in [0.05, 0.1) is 13.0 Å². The zero-order valence-corrected chi connectivity index (χ0v) is 9.14. The molecule has 1 heterocycles. The molecule has 0 spiro atoms. The number of pyridine rings is 1. The Morgan fingerprint density at radius 2 is 2.12 bits per heavy atom. The molecule has 1 rings (SSSR count). The number of halogens is 4. The van der Waals surface area contributed by atoms with Crippen molar-refractivity contribution in [3.05, 3.63) is 23.6 Å². The Labute approximate surface area is 95.8 Å². The van der Waals surface area contributed by atoms with E-state index in [1.807, 2.05) is 0 Å². The van der Waals surface area contributed by atoms with Crippen molar-refractivity contribution in [3.63, 3.8) is 0 Å². The molecule has 0 aliphatic heterocycles. The first kappa shape index (κ1) is 13.7. The number of nitrogens with one attached hydrogen (secondary N) is 1. The Bertz CT molecular complexity index is 368. The van der Waals surface area contributed by atoms with Crippen molar-refractivity contribution >= 4 is 0 Å². The number of hydrogen-bond acceptors (Lipinski definition) is 3. The van der Waals surface area contributed by atoms with Gasteiger partial charge in [0, 0.05) is 18.3 Å². The van der Waals surface area contributed by atoms with Gasteiger partial charge in [-0.1, -0.05) is 0 Å². The predicted octanol–water partition coefficient (Wildman–Crippen LogP) is 2.27. The number of nitrogens with zero attached hydrogens (tertiary/aromatic N) is 1. The number of ether oxygens (including phenoxy) is 1. The fourth-order valence-corrected chi connectivity index (χ4v) is 1.15. The van der Waals surface area contributed by atoms with E-state index in [-0.39, 0.29) is 6.54 Å². The van der Waals surface area contributed by atoms with Crippen molar-refractivity contribution < 1.29 is 22.3 Å². The smallest absolute Gasteiger partial charge is 0.392 e. The molecule has 7 heteroatoms. The third kappa shape index (κ3) is 4.56. The van der Waals surface area contributed by atoms with Crippen LogP contribution < -0.4 is 10.1 Å². The van der Waals surface area contributed by atoms with Gasteiger partial charge in [-0.2, -0.15) is 13.2 Å². The van der Waals surface area contributed by atoms with Gasteiger partial charge in [0.15, 0.2) is 5.82 Å². The van der Waals surface area contributed by atoms with Gasteiger partial charge < -0.3 is 10.1 Å². The summed E-state index contributed by atoms with van der Waals surface area (Å²) in [5.74, 6) is -1.13. The molecular formula is C10H12F4N2O. The van der Waals surface area contributed by atoms with E-state index in [9.17, 15) is 17.6 Å². The Morgan fingerprint density at radius 3 is 2.71 bits per heavy atom. The zero-order chi connectivity index (χ0) is 12.9. The maximum absolute atomic E-state index is 13.6. The third-order valence-corrected chi connectivity index (χ3v) is 1.93. The molecule has 0 aliphatic rings. The standard InChI is InChI=1S/C10H12F4N2O/c1-15-6-7-2-4-16-9(8(7)11)17-5-3-10(12,13)14/h2,4,15H,3,5-6H2,1H3. The molecule has 0 aromatic carbocycles. The second-order valence-electron chi connectivity index (χ2n) is 3.33. The normalized spacial score (nSPS) is 11.6. The first-order valence-corrected chi connectivity index (χ1v) is 4.91. The number of hydrogen-bond donors (Lipinski definition) is 1. The minimum Gasteiger partial charge on any atom is -0.475 e. The molecular weight excluding hydrogens is 240 g/mol. The molecule has 0 saturated carbocycles. The Kier molecular flexibility index (Phi) is 4.68. The first-order valence-electron chi connectivity index (χ1n) is 4.91. The molecule has 3 nitrogen and oxygen atoms in total. The van der Waals surface area contributed by atoms with E-state index in [1.165, 1.54) is 12.3 Å². The summed E-state index contributed by atoms with van der Waals surface area (Å²) in [6.45, 7) is -0.388. The maximum atomic E-state index is 13.6. The highest BCUT2D eigenvalue weighted by Gasteiger charge is 2.27. The molecule has 96 valence electrons. The highest BCUT2D eigenvalue weighted by molar-refractivity contribution is 5.23. The van der Waals surface area contributed by atoms with Crippen molar-refractivity contribution in [1.82, 2.24) is 10.3 Å². The van der Waals surface area contributed by atoms with Gasteiger partial charge in [-0.3, -0.25) is 0 Å². The molecule has 0 radical (unpaired) electrons. The first-order chi connectivity index (χ1) is 7.94. The van der Waals surface area contributed by atoms with Crippen LogP contribution >= 0.6 is 0 Å². The molecule has 0 atom stereocenters. The summed E-state index contributed by atoms with van der Waals surface area (Å²) >= 11 is 0. The zero-order valence-electron chi connectivity index (χ0n) is 9.14. The lowest BCUT2D eigenvalue weighted by Gasteiger charge is -2.10. The molecule has 0 unspecified atom stereocenters. The van der Waals surface area contributed by atoms with E-state index < -0.39 is 30.9 Å². The maximum Gasteiger partial charge on any atom is 0.392 e. The van der Waals surface area contributed by atoms with Crippen LogP contribution in [0.25, 0.3) is 0 Å². The van der Waals surface area contributed by atoms with E-state index >= 15 is 0 Å². The van der Waals surface area contributed by atoms with Crippen LogP contribution in [0.5, 0.6) is 5.88 Å². The van der Waals surface area contributed by atoms with Gasteiger partial charge in [-0.25, -0.2) is 9.37 Å². The number of aromatic nitrogens is 1. The summed E-state index contributed by atoms with van der Waals surface area (Å²) < 4.78 is 53.8. The van der Waals surface area contributed by atoms with Crippen molar-refractivity contribution in [3.8, 4) is 5.88 Å². The van der Waals surface area contributed by atoms with Gasteiger partial charge in [-0.05, 0) is 13.1 Å². The van der Waals surface area contributed by atoms with Gasteiger partial charge in [0.2, 0.25) is 0 Å². The Morgan fingerprint density at radius 1 is 1.41 bits per heavy atom. The quantitative estimate of drug-likeness (QED) is 0.816. The topological polar surface area (TPSA) is 34.2 Å². The summed E-state index contributed by atoms with van der Waals surface area (Å²) in [5, 5.41) is 2.73. The van der Waals surface area contributed by atoms with Crippen LogP contribution in [-0.2, 0) is 6.54 Å². The fourth-order valence-electron chi connectivity index (χ4n) is 1.15. The van der Waals surface area contributed by atoms with Crippen molar-refractivity contribution in [2.24, 2.45) is 0 Å². The molecule has 1 aromatic heterocycles. The average Bonchev–Trinajstić information content (AvgIpc) is 2.22. The fraction of sp³-hybridized carbons (Fsp3) is 0.500. The predicted molar refractivity (Wildman–Crippen MR) is 53.1 cm³/mol. The highest BCUT2D eigenvalue weighted by atomic mass is 19.4. The van der Waals surface area contributed by atoms with E-state index in [2.05, 4.69) is 15.0 Å². The van der Waals surface area contributed by atoms with Crippen LogP contribution in [0.2, 0.25) is 0 Å². The summed E-state index contributed by atoms with van der Waals surface area (Å²) in [7, 11) is 1.63. The average molecular weight is 252 g/mol. The summed E-state index contributed by atoms with van der Waals surface area (Å²) in [6.07, 6.45) is -4.16. The molecule has 0 fully saturated rings. The SMILES string of the molecule is CNCc1ccnc(OCCC(F)(F)F)c1F. The molecule has 1 N–H and O–H groups in total. The van der Waals surface area contributed by atoms with E-state index in [0.717, 1.165) is 0 Å². The van der Waals surface area contributed by atoms with E-state index in [1.54, 1.807) is 7.05 Å². The number of alkyl halides is 3. The van der Waals surface area contributed by atoms with Crippen LogP contribution in [0.3, 0.4) is 0 Å². The second kappa shape index (κ2) is 5.81. The highest BCUT2D eigenvalue weighted by Crippen LogP contribution is 2.21. The molecule has 0 amide bonds. The largest absolute Gasteiger partial charge is 0.475 e. The number of rotatable bonds is 5. The van der Waals surface area contributed by atoms with Crippen LogP contribution in [0.1, 0.15) is 12.0 Å². The van der Waals surface area contributed by atoms with Crippen LogP contribution in [-0.4, -0.2) is 24.8 Å². The Hall–Kier alpha value is -1.37. The monoisotopic (exact) mass is 252 g/mol. The molecule has 0 bridgehead atoms. The molecule has 0 saturated heterocycles.